The normalized spacial score (nSPS) is 12.1. The summed E-state index contributed by atoms with van der Waals surface area (Å²) < 4.78 is 53.4. The third-order valence-corrected chi connectivity index (χ3v) is 4.71. The Kier molecular flexibility index (Phi) is 4.98. The van der Waals surface area contributed by atoms with Gasteiger partial charge in [-0.2, -0.15) is 13.2 Å². The third kappa shape index (κ3) is 3.70. The van der Waals surface area contributed by atoms with E-state index < -0.39 is 24.0 Å². The molecule has 0 atom stereocenters. The Balaban J connectivity index is 2.14. The number of aryl methyl sites for hydroxylation is 1. The summed E-state index contributed by atoms with van der Waals surface area (Å²) in [5.41, 5.74) is -0.0918. The molecule has 1 aromatic carbocycles. The summed E-state index contributed by atoms with van der Waals surface area (Å²) in [6.07, 6.45) is -3.99. The van der Waals surface area contributed by atoms with Crippen molar-refractivity contribution in [3.8, 4) is 5.69 Å². The van der Waals surface area contributed by atoms with Crippen LogP contribution in [0.1, 0.15) is 6.42 Å². The van der Waals surface area contributed by atoms with Crippen LogP contribution in [0.15, 0.2) is 34.5 Å². The van der Waals surface area contributed by atoms with E-state index in [0.717, 1.165) is 22.4 Å². The summed E-state index contributed by atoms with van der Waals surface area (Å²) in [4.78, 5) is 21.0. The minimum absolute atomic E-state index is 0.0398. The van der Waals surface area contributed by atoms with E-state index in [4.69, 9.17) is 11.6 Å². The molecule has 0 saturated carbocycles. The van der Waals surface area contributed by atoms with Gasteiger partial charge in [0.25, 0.3) is 5.56 Å². The first-order valence-electron chi connectivity index (χ1n) is 7.26. The number of hydrogen-bond donors (Lipinski definition) is 0. The van der Waals surface area contributed by atoms with Gasteiger partial charge in [-0.25, -0.2) is 14.4 Å². The Morgan fingerprint density at radius 2 is 2.04 bits per heavy atom. The van der Waals surface area contributed by atoms with Gasteiger partial charge in [0.05, 0.1) is 23.5 Å². The summed E-state index contributed by atoms with van der Waals surface area (Å²) in [5.74, 6) is -1.00. The second-order valence-corrected chi connectivity index (χ2v) is 6.84. The first kappa shape index (κ1) is 18.7. The summed E-state index contributed by atoms with van der Waals surface area (Å²) in [5, 5.41) is -0.181. The topological polar surface area (TPSA) is 52.7 Å². The van der Waals surface area contributed by atoms with Crippen molar-refractivity contribution in [2.24, 2.45) is 7.05 Å². The number of hydrogen-bond acceptors (Lipinski definition) is 4. The van der Waals surface area contributed by atoms with Crippen molar-refractivity contribution < 1.29 is 17.6 Å². The van der Waals surface area contributed by atoms with Gasteiger partial charge in [0.15, 0.2) is 16.3 Å². The van der Waals surface area contributed by atoms with Crippen LogP contribution in [0, 0.1) is 5.82 Å². The van der Waals surface area contributed by atoms with Crippen LogP contribution in [0.2, 0.25) is 5.02 Å². The molecule has 0 amide bonds. The molecule has 2 heterocycles. The lowest BCUT2D eigenvalue weighted by atomic mass is 10.3. The molecule has 0 fully saturated rings. The van der Waals surface area contributed by atoms with Crippen molar-refractivity contribution in [3.63, 3.8) is 0 Å². The SMILES string of the molecule is Cn1cnc2c(=O)n(-c3ccc(F)c(Cl)c3)c(SCCC(F)(F)F)nc21. The van der Waals surface area contributed by atoms with Crippen LogP contribution < -0.4 is 5.56 Å². The van der Waals surface area contributed by atoms with E-state index in [2.05, 4.69) is 9.97 Å². The van der Waals surface area contributed by atoms with Crippen LogP contribution in [-0.2, 0) is 7.05 Å². The van der Waals surface area contributed by atoms with Crippen molar-refractivity contribution in [1.82, 2.24) is 19.1 Å². The zero-order valence-corrected chi connectivity index (χ0v) is 14.8. The Bertz CT molecular complexity index is 1030. The van der Waals surface area contributed by atoms with Gasteiger partial charge in [-0.15, -0.1) is 0 Å². The fraction of sp³-hybridized carbons (Fsp3) is 0.267. The molecule has 0 aliphatic rings. The molecular weight excluding hydrogens is 396 g/mol. The first-order chi connectivity index (χ1) is 12.2. The van der Waals surface area contributed by atoms with Crippen LogP contribution in [-0.4, -0.2) is 31.0 Å². The van der Waals surface area contributed by atoms with Crippen molar-refractivity contribution >= 4 is 34.5 Å². The van der Waals surface area contributed by atoms with Crippen molar-refractivity contribution in [2.45, 2.75) is 17.8 Å². The van der Waals surface area contributed by atoms with Gasteiger partial charge >= 0.3 is 6.18 Å². The van der Waals surface area contributed by atoms with Crippen LogP contribution in [0.25, 0.3) is 16.9 Å². The number of rotatable bonds is 4. The summed E-state index contributed by atoms with van der Waals surface area (Å²) in [6, 6.07) is 3.58. The van der Waals surface area contributed by atoms with Crippen LogP contribution in [0.5, 0.6) is 0 Å². The van der Waals surface area contributed by atoms with E-state index in [1.165, 1.54) is 23.0 Å². The quantitative estimate of drug-likeness (QED) is 0.374. The molecule has 0 bridgehead atoms. The highest BCUT2D eigenvalue weighted by atomic mass is 35.5. The Hall–Kier alpha value is -2.07. The number of aromatic nitrogens is 4. The number of imidazole rings is 1. The highest BCUT2D eigenvalue weighted by molar-refractivity contribution is 7.99. The number of fused-ring (bicyclic) bond motifs is 1. The number of halogens is 5. The Morgan fingerprint density at radius 1 is 1.31 bits per heavy atom. The fourth-order valence-corrected chi connectivity index (χ4v) is 3.41. The monoisotopic (exact) mass is 406 g/mol. The average Bonchev–Trinajstić information content (AvgIpc) is 2.91. The molecule has 0 aliphatic heterocycles. The Labute approximate surface area is 153 Å². The van der Waals surface area contributed by atoms with Gasteiger partial charge in [-0.1, -0.05) is 23.4 Å². The number of alkyl halides is 3. The molecule has 138 valence electrons. The molecule has 3 aromatic rings. The van der Waals surface area contributed by atoms with Crippen LogP contribution >= 0.6 is 23.4 Å². The second kappa shape index (κ2) is 6.92. The van der Waals surface area contributed by atoms with E-state index in [9.17, 15) is 22.4 Å². The van der Waals surface area contributed by atoms with Gasteiger partial charge in [-0.05, 0) is 18.2 Å². The largest absolute Gasteiger partial charge is 0.389 e. The maximum atomic E-state index is 13.4. The summed E-state index contributed by atoms with van der Waals surface area (Å²) in [7, 11) is 1.62. The predicted molar refractivity (Wildman–Crippen MR) is 90.5 cm³/mol. The maximum Gasteiger partial charge on any atom is 0.389 e. The van der Waals surface area contributed by atoms with E-state index in [-0.39, 0.29) is 32.8 Å². The maximum absolute atomic E-state index is 13.4. The first-order valence-corrected chi connectivity index (χ1v) is 8.63. The van der Waals surface area contributed by atoms with Gasteiger partial charge in [0, 0.05) is 12.8 Å². The molecule has 0 aliphatic carbocycles. The van der Waals surface area contributed by atoms with E-state index in [1.54, 1.807) is 7.05 Å². The highest BCUT2D eigenvalue weighted by Crippen LogP contribution is 2.27. The van der Waals surface area contributed by atoms with Gasteiger partial charge in [-0.3, -0.25) is 9.36 Å². The minimum Gasteiger partial charge on any atom is -0.318 e. The Morgan fingerprint density at radius 3 is 2.69 bits per heavy atom. The highest BCUT2D eigenvalue weighted by Gasteiger charge is 2.27. The molecule has 0 spiro atoms. The molecule has 11 heteroatoms. The van der Waals surface area contributed by atoms with E-state index in [0.29, 0.717) is 0 Å². The molecule has 0 saturated heterocycles. The standard InChI is InChI=1S/C15H11ClF4N4OS/c1-23-7-21-11-12(23)22-14(26-5-4-15(18,19)20)24(13(11)25)8-2-3-10(17)9(16)6-8/h2-3,6-7H,4-5H2,1H3. The fourth-order valence-electron chi connectivity index (χ4n) is 2.25. The molecule has 0 unspecified atom stereocenters. The lowest BCUT2D eigenvalue weighted by molar-refractivity contribution is -0.129. The molecule has 0 radical (unpaired) electrons. The van der Waals surface area contributed by atoms with Gasteiger partial charge < -0.3 is 4.57 Å². The molecule has 3 rings (SSSR count). The molecule has 5 nitrogen and oxygen atoms in total. The average molecular weight is 407 g/mol. The summed E-state index contributed by atoms with van der Waals surface area (Å²) in [6.45, 7) is 0. The van der Waals surface area contributed by atoms with Crippen molar-refractivity contribution in [1.29, 1.82) is 0 Å². The molecule has 26 heavy (non-hydrogen) atoms. The van der Waals surface area contributed by atoms with Gasteiger partial charge in [0.2, 0.25) is 0 Å². The van der Waals surface area contributed by atoms with Crippen LogP contribution in [0.3, 0.4) is 0 Å². The predicted octanol–water partition coefficient (Wildman–Crippen LogP) is 3.96. The molecular formula is C15H11ClF4N4OS. The van der Waals surface area contributed by atoms with Gasteiger partial charge in [0.1, 0.15) is 5.82 Å². The lowest BCUT2D eigenvalue weighted by Crippen LogP contribution is -2.22. The third-order valence-electron chi connectivity index (χ3n) is 3.48. The van der Waals surface area contributed by atoms with Crippen molar-refractivity contribution in [2.75, 3.05) is 5.75 Å². The zero-order chi connectivity index (χ0) is 19.1. The zero-order valence-electron chi connectivity index (χ0n) is 13.2. The smallest absolute Gasteiger partial charge is 0.318 e. The lowest BCUT2D eigenvalue weighted by Gasteiger charge is -2.13. The molecule has 0 N–H and O–H groups in total. The van der Waals surface area contributed by atoms with E-state index in [1.807, 2.05) is 0 Å². The second-order valence-electron chi connectivity index (χ2n) is 5.37. The minimum atomic E-state index is -4.33. The van der Waals surface area contributed by atoms with E-state index >= 15 is 0 Å². The number of nitrogens with zero attached hydrogens (tertiary/aromatic N) is 4. The van der Waals surface area contributed by atoms with Crippen molar-refractivity contribution in [3.05, 3.63) is 45.7 Å². The van der Waals surface area contributed by atoms with Crippen LogP contribution in [0.4, 0.5) is 17.6 Å². The number of thioether (sulfide) groups is 1. The number of benzene rings is 1. The molecule has 2 aromatic heterocycles. The summed E-state index contributed by atoms with van der Waals surface area (Å²) >= 11 is 6.54.